The maximum absolute atomic E-state index is 14.7. The van der Waals surface area contributed by atoms with E-state index in [1.807, 2.05) is 6.07 Å². The van der Waals surface area contributed by atoms with Gasteiger partial charge in [0.25, 0.3) is 5.91 Å². The first kappa shape index (κ1) is 28.0. The zero-order valence-corrected chi connectivity index (χ0v) is 23.7. The maximum Gasteiger partial charge on any atom is 0.307 e. The minimum absolute atomic E-state index is 0.0859. The van der Waals surface area contributed by atoms with Gasteiger partial charge in [0.2, 0.25) is 5.91 Å². The number of fused-ring (bicyclic) bond motifs is 1. The number of benzene rings is 2. The van der Waals surface area contributed by atoms with Crippen molar-refractivity contribution in [1.29, 1.82) is 5.26 Å². The predicted octanol–water partition coefficient (Wildman–Crippen LogP) is 4.56. The number of aromatic nitrogens is 2. The molecule has 2 saturated heterocycles. The molecule has 3 aromatic rings. The van der Waals surface area contributed by atoms with Crippen LogP contribution < -0.4 is 15.6 Å². The van der Waals surface area contributed by atoms with Gasteiger partial charge in [-0.2, -0.15) is 10.4 Å². The number of carbonyl (C=O) groups is 2. The van der Waals surface area contributed by atoms with Gasteiger partial charge in [-0.3, -0.25) is 14.4 Å². The molecule has 2 N–H and O–H groups in total. The van der Waals surface area contributed by atoms with Crippen LogP contribution in [0.3, 0.4) is 0 Å². The lowest BCUT2D eigenvalue weighted by Gasteiger charge is -2.40. The van der Waals surface area contributed by atoms with Gasteiger partial charge in [0.1, 0.15) is 17.6 Å². The topological polar surface area (TPSA) is 128 Å². The maximum atomic E-state index is 14.7. The van der Waals surface area contributed by atoms with E-state index < -0.39 is 28.5 Å². The molecule has 2 fully saturated rings. The number of nitrogens with one attached hydrogen (secondary N) is 2. The van der Waals surface area contributed by atoms with Crippen molar-refractivity contribution in [1.82, 2.24) is 20.4 Å². The Morgan fingerprint density at radius 2 is 1.95 bits per heavy atom. The lowest BCUT2D eigenvalue weighted by Crippen LogP contribution is -2.50. The summed E-state index contributed by atoms with van der Waals surface area (Å²) in [7, 11) is 0. The lowest BCUT2D eigenvalue weighted by molar-refractivity contribution is -0.135. The van der Waals surface area contributed by atoms with E-state index in [2.05, 4.69) is 21.6 Å². The Hall–Kier alpha value is -4.52. The van der Waals surface area contributed by atoms with Gasteiger partial charge in [0.05, 0.1) is 28.8 Å². The Morgan fingerprint density at radius 3 is 2.66 bits per heavy atom. The molecule has 0 bridgehead atoms. The monoisotopic (exact) mass is 557 g/mol. The van der Waals surface area contributed by atoms with Crippen LogP contribution >= 0.6 is 0 Å². The van der Waals surface area contributed by atoms with Crippen molar-refractivity contribution in [2.75, 3.05) is 0 Å². The zero-order valence-electron chi connectivity index (χ0n) is 23.7. The van der Waals surface area contributed by atoms with Crippen LogP contribution in [-0.4, -0.2) is 39.0 Å². The molecule has 0 radical (unpaired) electrons. The van der Waals surface area contributed by atoms with Crippen LogP contribution in [0.2, 0.25) is 0 Å². The number of hydrogen-bond donors (Lipinski definition) is 2. The highest BCUT2D eigenvalue weighted by atomic mass is 19.1. The highest BCUT2D eigenvalue weighted by Crippen LogP contribution is 2.54. The van der Waals surface area contributed by atoms with Crippen molar-refractivity contribution in [3.8, 4) is 17.6 Å². The lowest BCUT2D eigenvalue weighted by atomic mass is 9.82. The Morgan fingerprint density at radius 1 is 1.20 bits per heavy atom. The number of ether oxygens (including phenoxy) is 1. The van der Waals surface area contributed by atoms with Gasteiger partial charge in [-0.05, 0) is 88.4 Å². The minimum atomic E-state index is -0.850. The van der Waals surface area contributed by atoms with Gasteiger partial charge in [-0.1, -0.05) is 12.1 Å². The van der Waals surface area contributed by atoms with Crippen molar-refractivity contribution in [3.05, 3.63) is 86.6 Å². The molecule has 212 valence electrons. The third kappa shape index (κ3) is 4.75. The van der Waals surface area contributed by atoms with E-state index in [1.54, 1.807) is 63.8 Å². The SMILES string of the molecule is Cc1cc(Oc2ccc(C(=O)N[C@H]3C[C@@]4(c5cccc(F)c5C)CC[C@H](C(C)(C)C#N)N4C3=O)cc2C)c(=O)[nH]n1. The Kier molecular flexibility index (Phi) is 6.93. The Bertz CT molecular complexity index is 1660. The molecule has 2 aromatic carbocycles. The highest BCUT2D eigenvalue weighted by molar-refractivity contribution is 5.99. The predicted molar refractivity (Wildman–Crippen MR) is 149 cm³/mol. The van der Waals surface area contributed by atoms with E-state index in [0.29, 0.717) is 46.5 Å². The molecule has 2 aliphatic rings. The van der Waals surface area contributed by atoms with Crippen molar-refractivity contribution < 1.29 is 18.7 Å². The number of nitrogens with zero attached hydrogens (tertiary/aromatic N) is 3. The van der Waals surface area contributed by atoms with Crippen LogP contribution in [0.4, 0.5) is 4.39 Å². The number of nitriles is 1. The molecule has 0 spiro atoms. The van der Waals surface area contributed by atoms with Crippen LogP contribution in [0.1, 0.15) is 65.9 Å². The van der Waals surface area contributed by atoms with Crippen molar-refractivity contribution in [3.63, 3.8) is 0 Å². The first-order chi connectivity index (χ1) is 19.4. The fourth-order valence-corrected chi connectivity index (χ4v) is 6.26. The fraction of sp³-hybridized carbons (Fsp3) is 0.387. The highest BCUT2D eigenvalue weighted by Gasteiger charge is 2.61. The van der Waals surface area contributed by atoms with Crippen molar-refractivity contribution in [2.24, 2.45) is 5.41 Å². The van der Waals surface area contributed by atoms with Gasteiger partial charge >= 0.3 is 5.56 Å². The quantitative estimate of drug-likeness (QED) is 0.457. The summed E-state index contributed by atoms with van der Waals surface area (Å²) in [4.78, 5) is 41.1. The normalized spacial score (nSPS) is 21.9. The fourth-order valence-electron chi connectivity index (χ4n) is 6.26. The number of amides is 2. The third-order valence-corrected chi connectivity index (χ3v) is 8.43. The second-order valence-corrected chi connectivity index (χ2v) is 11.6. The molecule has 0 saturated carbocycles. The molecule has 2 aliphatic heterocycles. The number of aryl methyl sites for hydroxylation is 2. The van der Waals surface area contributed by atoms with Crippen molar-refractivity contribution >= 4 is 11.8 Å². The molecular formula is C31H32FN5O4. The first-order valence-corrected chi connectivity index (χ1v) is 13.5. The number of halogens is 1. The number of aromatic amines is 1. The van der Waals surface area contributed by atoms with Crippen LogP contribution in [0, 0.1) is 43.3 Å². The summed E-state index contributed by atoms with van der Waals surface area (Å²) in [6.07, 6.45) is 1.43. The van der Waals surface area contributed by atoms with E-state index in [0.717, 1.165) is 0 Å². The summed E-state index contributed by atoms with van der Waals surface area (Å²) in [6, 6.07) is 12.3. The summed E-state index contributed by atoms with van der Waals surface area (Å²) in [5.74, 6) is -0.600. The minimum Gasteiger partial charge on any atom is -0.451 e. The molecule has 10 heteroatoms. The summed E-state index contributed by atoms with van der Waals surface area (Å²) in [5, 5.41) is 19.0. The van der Waals surface area contributed by atoms with Gasteiger partial charge in [-0.25, -0.2) is 9.49 Å². The van der Waals surface area contributed by atoms with Gasteiger partial charge in [0.15, 0.2) is 5.75 Å². The Labute approximate surface area is 237 Å². The molecule has 3 heterocycles. The smallest absolute Gasteiger partial charge is 0.307 e. The molecule has 5 rings (SSSR count). The van der Waals surface area contributed by atoms with E-state index in [-0.39, 0.29) is 29.9 Å². The van der Waals surface area contributed by atoms with E-state index in [1.165, 1.54) is 12.1 Å². The number of carbonyl (C=O) groups excluding carboxylic acids is 2. The largest absolute Gasteiger partial charge is 0.451 e. The number of hydrogen-bond acceptors (Lipinski definition) is 6. The van der Waals surface area contributed by atoms with E-state index in [4.69, 9.17) is 4.74 Å². The summed E-state index contributed by atoms with van der Waals surface area (Å²) >= 11 is 0. The van der Waals surface area contributed by atoms with Gasteiger partial charge in [0, 0.05) is 18.1 Å². The van der Waals surface area contributed by atoms with Crippen LogP contribution in [0.15, 0.2) is 47.3 Å². The average molecular weight is 558 g/mol. The molecule has 9 nitrogen and oxygen atoms in total. The second-order valence-electron chi connectivity index (χ2n) is 11.6. The van der Waals surface area contributed by atoms with Crippen LogP contribution in [0.5, 0.6) is 11.5 Å². The summed E-state index contributed by atoms with van der Waals surface area (Å²) in [5.41, 5.74) is 0.550. The molecule has 3 atom stereocenters. The van der Waals surface area contributed by atoms with E-state index in [9.17, 15) is 24.0 Å². The standard InChI is InChI=1S/C31H32FN5O4/c1-17-13-20(9-10-24(17)41-25-14-18(2)35-36-28(25)39)27(38)34-23-15-31(21-7-6-8-22(32)19(21)3)12-11-26(30(4,5)16-33)37(31)29(23)40/h6-10,13-14,23,26H,11-12,15H2,1-5H3,(H,34,38)(H,36,39)/t23-,26+,31+/m0/s1. The third-order valence-electron chi connectivity index (χ3n) is 8.43. The molecular weight excluding hydrogens is 525 g/mol. The second kappa shape index (κ2) is 10.1. The van der Waals surface area contributed by atoms with Gasteiger partial charge in [-0.15, -0.1) is 0 Å². The van der Waals surface area contributed by atoms with Crippen LogP contribution in [0.25, 0.3) is 0 Å². The van der Waals surface area contributed by atoms with Crippen LogP contribution in [-0.2, 0) is 10.3 Å². The molecule has 0 aliphatic carbocycles. The van der Waals surface area contributed by atoms with E-state index >= 15 is 0 Å². The Balaban J connectivity index is 1.43. The average Bonchev–Trinajstić information content (AvgIpc) is 3.44. The summed E-state index contributed by atoms with van der Waals surface area (Å²) in [6.45, 7) is 8.78. The molecule has 1 aromatic heterocycles. The van der Waals surface area contributed by atoms with Crippen molar-refractivity contribution in [2.45, 2.75) is 71.5 Å². The molecule has 41 heavy (non-hydrogen) atoms. The van der Waals surface area contributed by atoms with Gasteiger partial charge < -0.3 is 15.0 Å². The zero-order chi connectivity index (χ0) is 29.7. The summed E-state index contributed by atoms with van der Waals surface area (Å²) < 4.78 is 20.5. The number of H-pyrrole nitrogens is 1. The first-order valence-electron chi connectivity index (χ1n) is 13.5. The molecule has 0 unspecified atom stereocenters. The number of rotatable bonds is 6. The molecule has 2 amide bonds.